The molecule has 8 nitrogen and oxygen atoms in total. The Morgan fingerprint density at radius 1 is 1.25 bits per heavy atom. The third kappa shape index (κ3) is 3.87. The quantitative estimate of drug-likeness (QED) is 0.471. The van der Waals surface area contributed by atoms with Crippen LogP contribution in [-0.2, 0) is 10.0 Å². The number of nitrogens with one attached hydrogen (secondary N) is 1. The van der Waals surface area contributed by atoms with Gasteiger partial charge in [-0.1, -0.05) is 25.1 Å². The first-order valence-corrected chi connectivity index (χ1v) is 8.44. The number of rotatable bonds is 6. The van der Waals surface area contributed by atoms with E-state index in [1.54, 1.807) is 25.1 Å². The molecule has 2 aromatic rings. The number of hydrogen-bond acceptors (Lipinski definition) is 6. The van der Waals surface area contributed by atoms with E-state index in [9.17, 15) is 23.6 Å². The van der Waals surface area contributed by atoms with Gasteiger partial charge in [0, 0.05) is 17.7 Å². The topological polar surface area (TPSA) is 122 Å². The van der Waals surface area contributed by atoms with Crippen LogP contribution in [0.4, 0.5) is 5.69 Å². The summed E-state index contributed by atoms with van der Waals surface area (Å²) in [5.74, 6) is -0.0207. The Morgan fingerprint density at radius 2 is 1.96 bits per heavy atom. The zero-order valence-electron chi connectivity index (χ0n) is 12.7. The van der Waals surface area contributed by atoms with Gasteiger partial charge in [-0.05, 0) is 24.6 Å². The van der Waals surface area contributed by atoms with E-state index >= 15 is 0 Å². The highest BCUT2D eigenvalue weighted by Gasteiger charge is 2.17. The van der Waals surface area contributed by atoms with Crippen molar-refractivity contribution in [3.8, 4) is 5.75 Å². The van der Waals surface area contributed by atoms with E-state index in [1.807, 2.05) is 4.83 Å². The Morgan fingerprint density at radius 3 is 2.58 bits per heavy atom. The lowest BCUT2D eigenvalue weighted by Crippen LogP contribution is -2.20. The predicted octanol–water partition coefficient (Wildman–Crippen LogP) is 2.39. The standard InChI is InChI=1S/C15H15N3O5S/c1-2-14(13-8-3-4-9-15(13)19)16-17-24(22,23)12-7-5-6-11(10-12)18(20)21/h3-10,17,19H,2H2,1H3/b16-14-. The van der Waals surface area contributed by atoms with Crippen LogP contribution in [-0.4, -0.2) is 24.2 Å². The highest BCUT2D eigenvalue weighted by atomic mass is 32.2. The van der Waals surface area contributed by atoms with E-state index in [2.05, 4.69) is 5.10 Å². The molecular formula is C15H15N3O5S. The zero-order chi connectivity index (χ0) is 17.7. The fourth-order valence-electron chi connectivity index (χ4n) is 1.98. The lowest BCUT2D eigenvalue weighted by Gasteiger charge is -2.08. The maximum absolute atomic E-state index is 12.2. The SMILES string of the molecule is CC/C(=N/NS(=O)(=O)c1cccc([N+](=O)[O-])c1)c1ccccc1O. The summed E-state index contributed by atoms with van der Waals surface area (Å²) in [7, 11) is -4.07. The fourth-order valence-corrected chi connectivity index (χ4v) is 2.85. The van der Waals surface area contributed by atoms with Gasteiger partial charge in [-0.2, -0.15) is 18.4 Å². The Labute approximate surface area is 138 Å². The Balaban J connectivity index is 2.33. The molecule has 0 amide bonds. The molecule has 9 heteroatoms. The van der Waals surface area contributed by atoms with Crippen molar-refractivity contribution in [3.63, 3.8) is 0 Å². The van der Waals surface area contributed by atoms with Crippen molar-refractivity contribution in [1.29, 1.82) is 0 Å². The van der Waals surface area contributed by atoms with Crippen molar-refractivity contribution in [2.45, 2.75) is 18.2 Å². The van der Waals surface area contributed by atoms with Crippen molar-refractivity contribution in [2.75, 3.05) is 0 Å². The van der Waals surface area contributed by atoms with Gasteiger partial charge in [-0.15, -0.1) is 0 Å². The number of hydrogen-bond donors (Lipinski definition) is 2. The summed E-state index contributed by atoms with van der Waals surface area (Å²) in [6.07, 6.45) is 0.370. The minimum Gasteiger partial charge on any atom is -0.507 e. The van der Waals surface area contributed by atoms with Crippen LogP contribution in [0.5, 0.6) is 5.75 Å². The van der Waals surface area contributed by atoms with Crippen molar-refractivity contribution < 1.29 is 18.4 Å². The number of nitro groups is 1. The van der Waals surface area contributed by atoms with Crippen molar-refractivity contribution in [2.24, 2.45) is 5.10 Å². The van der Waals surface area contributed by atoms with Crippen LogP contribution < -0.4 is 4.83 Å². The zero-order valence-corrected chi connectivity index (χ0v) is 13.5. The number of aromatic hydroxyl groups is 1. The monoisotopic (exact) mass is 349 g/mol. The first-order valence-electron chi connectivity index (χ1n) is 6.96. The number of nitro benzene ring substituents is 1. The minimum absolute atomic E-state index is 0.0207. The van der Waals surface area contributed by atoms with Gasteiger partial charge in [0.1, 0.15) is 5.75 Å². The van der Waals surface area contributed by atoms with E-state index in [1.165, 1.54) is 24.3 Å². The number of sulfonamides is 1. The summed E-state index contributed by atoms with van der Waals surface area (Å²) in [6, 6.07) is 11.1. The highest BCUT2D eigenvalue weighted by Crippen LogP contribution is 2.19. The molecule has 0 aromatic heterocycles. The second-order valence-electron chi connectivity index (χ2n) is 4.78. The van der Waals surface area contributed by atoms with Crippen LogP contribution in [0.1, 0.15) is 18.9 Å². The smallest absolute Gasteiger partial charge is 0.276 e. The molecule has 0 unspecified atom stereocenters. The third-order valence-corrected chi connectivity index (χ3v) is 4.40. The second-order valence-corrected chi connectivity index (χ2v) is 6.44. The largest absolute Gasteiger partial charge is 0.507 e. The molecule has 24 heavy (non-hydrogen) atoms. The maximum Gasteiger partial charge on any atom is 0.276 e. The molecule has 0 saturated carbocycles. The van der Waals surface area contributed by atoms with Gasteiger partial charge in [0.15, 0.2) is 0 Å². The number of non-ortho nitro benzene ring substituents is 1. The van der Waals surface area contributed by atoms with Gasteiger partial charge < -0.3 is 5.11 Å². The number of phenols is 1. The summed E-state index contributed by atoms with van der Waals surface area (Å²) < 4.78 is 24.5. The van der Waals surface area contributed by atoms with E-state index < -0.39 is 14.9 Å². The van der Waals surface area contributed by atoms with Crippen LogP contribution in [0.2, 0.25) is 0 Å². The highest BCUT2D eigenvalue weighted by molar-refractivity contribution is 7.89. The summed E-state index contributed by atoms with van der Waals surface area (Å²) in [4.78, 5) is 11.8. The first kappa shape index (κ1) is 17.4. The van der Waals surface area contributed by atoms with E-state index in [0.717, 1.165) is 6.07 Å². The number of nitrogens with zero attached hydrogens (tertiary/aromatic N) is 2. The molecule has 0 spiro atoms. The van der Waals surface area contributed by atoms with E-state index in [-0.39, 0.29) is 16.3 Å². The van der Waals surface area contributed by atoms with Crippen LogP contribution in [0.3, 0.4) is 0 Å². The normalized spacial score (nSPS) is 12.0. The molecule has 0 heterocycles. The van der Waals surface area contributed by atoms with Crippen LogP contribution in [0.15, 0.2) is 58.5 Å². The predicted molar refractivity (Wildman–Crippen MR) is 88.4 cm³/mol. The lowest BCUT2D eigenvalue weighted by atomic mass is 10.1. The summed E-state index contributed by atoms with van der Waals surface area (Å²) >= 11 is 0. The first-order chi connectivity index (χ1) is 11.3. The second kappa shape index (κ2) is 7.09. The van der Waals surface area contributed by atoms with Gasteiger partial charge in [-0.3, -0.25) is 10.1 Å². The molecule has 2 aromatic carbocycles. The average Bonchev–Trinajstić information content (AvgIpc) is 2.57. The molecular weight excluding hydrogens is 334 g/mol. The molecule has 0 aliphatic rings. The Hall–Kier alpha value is -2.94. The molecule has 0 aliphatic carbocycles. The molecule has 0 aliphatic heterocycles. The van der Waals surface area contributed by atoms with Gasteiger partial charge in [0.2, 0.25) is 0 Å². The molecule has 0 fully saturated rings. The minimum atomic E-state index is -4.07. The molecule has 2 rings (SSSR count). The van der Waals surface area contributed by atoms with Gasteiger partial charge >= 0.3 is 0 Å². The van der Waals surface area contributed by atoms with Crippen molar-refractivity contribution in [1.82, 2.24) is 4.83 Å². The lowest BCUT2D eigenvalue weighted by molar-refractivity contribution is -0.385. The van der Waals surface area contributed by atoms with E-state index in [4.69, 9.17) is 0 Å². The molecule has 126 valence electrons. The molecule has 0 bridgehead atoms. The van der Waals surface area contributed by atoms with Gasteiger partial charge in [0.05, 0.1) is 15.5 Å². The molecule has 2 N–H and O–H groups in total. The number of phenolic OH excluding ortho intramolecular Hbond substituents is 1. The van der Waals surface area contributed by atoms with Gasteiger partial charge in [0.25, 0.3) is 15.7 Å². The summed E-state index contributed by atoms with van der Waals surface area (Å²) in [5, 5.41) is 24.4. The Bertz CT molecular complexity index is 893. The number of hydrazone groups is 1. The van der Waals surface area contributed by atoms with Crippen LogP contribution in [0, 0.1) is 10.1 Å². The Kier molecular flexibility index (Phi) is 5.14. The average molecular weight is 349 g/mol. The van der Waals surface area contributed by atoms with Gasteiger partial charge in [-0.25, -0.2) is 0 Å². The maximum atomic E-state index is 12.2. The number of benzene rings is 2. The summed E-state index contributed by atoms with van der Waals surface area (Å²) in [5.41, 5.74) is 0.405. The number of para-hydroxylation sites is 1. The molecule has 0 radical (unpaired) electrons. The fraction of sp³-hybridized carbons (Fsp3) is 0.133. The third-order valence-electron chi connectivity index (χ3n) is 3.19. The molecule has 0 atom stereocenters. The van der Waals surface area contributed by atoms with Crippen LogP contribution >= 0.6 is 0 Å². The summed E-state index contributed by atoms with van der Waals surface area (Å²) in [6.45, 7) is 1.76. The van der Waals surface area contributed by atoms with Crippen LogP contribution in [0.25, 0.3) is 0 Å². The van der Waals surface area contributed by atoms with Crippen molar-refractivity contribution in [3.05, 3.63) is 64.2 Å². The van der Waals surface area contributed by atoms with E-state index in [0.29, 0.717) is 17.7 Å². The molecule has 0 saturated heterocycles. The van der Waals surface area contributed by atoms with Crippen molar-refractivity contribution >= 4 is 21.4 Å².